The smallest absolute Gasteiger partial charge is 0.192 e. The Balaban J connectivity index is 2.58. The fraction of sp³-hybridized carbons (Fsp3) is 1.00. The molecule has 3 nitrogen and oxygen atoms in total. The summed E-state index contributed by atoms with van der Waals surface area (Å²) in [6.07, 6.45) is -0.333. The quantitative estimate of drug-likeness (QED) is 0.686. The molecule has 1 fully saturated rings. The highest BCUT2D eigenvalue weighted by Gasteiger charge is 2.41. The second-order valence-corrected chi connectivity index (χ2v) is 10.4. The molecule has 0 aromatic carbocycles. The number of rotatable bonds is 2. The van der Waals surface area contributed by atoms with Gasteiger partial charge in [0.1, 0.15) is 0 Å². The Hall–Kier alpha value is 0.0969. The maximum absolute atomic E-state index is 9.65. The third-order valence-electron chi connectivity index (χ3n) is 3.38. The van der Waals surface area contributed by atoms with Crippen LogP contribution in [0.2, 0.25) is 18.1 Å². The van der Waals surface area contributed by atoms with Crippen molar-refractivity contribution >= 4 is 8.32 Å². The molecule has 0 radical (unpaired) electrons. The van der Waals surface area contributed by atoms with Gasteiger partial charge >= 0.3 is 0 Å². The predicted octanol–water partition coefficient (Wildman–Crippen LogP) is 1.34. The molecule has 0 unspecified atom stereocenters. The highest BCUT2D eigenvalue weighted by atomic mass is 28.4. The van der Waals surface area contributed by atoms with E-state index in [1.165, 1.54) is 0 Å². The molecule has 14 heavy (non-hydrogen) atoms. The Morgan fingerprint density at radius 3 is 2.21 bits per heavy atom. The molecule has 1 rings (SSSR count). The van der Waals surface area contributed by atoms with Crippen LogP contribution >= 0.6 is 0 Å². The number of hydrogen-bond acceptors (Lipinski definition) is 3. The first-order valence-electron chi connectivity index (χ1n) is 5.30. The SMILES string of the molecule is CC(C)(C)[Si](C)(C)O[C@@H]1CNC[C@H]1O. The molecule has 1 aliphatic rings. The van der Waals surface area contributed by atoms with Crippen molar-refractivity contribution < 1.29 is 9.53 Å². The molecule has 0 aromatic rings. The van der Waals surface area contributed by atoms with E-state index in [-0.39, 0.29) is 17.2 Å². The second kappa shape index (κ2) is 3.93. The average Bonchev–Trinajstić information content (AvgIpc) is 2.33. The van der Waals surface area contributed by atoms with Gasteiger partial charge in [-0.2, -0.15) is 0 Å². The summed E-state index contributed by atoms with van der Waals surface area (Å²) in [6, 6.07) is 0. The summed E-state index contributed by atoms with van der Waals surface area (Å²) in [7, 11) is -1.71. The zero-order valence-electron chi connectivity index (χ0n) is 9.92. The van der Waals surface area contributed by atoms with E-state index in [4.69, 9.17) is 4.43 Å². The van der Waals surface area contributed by atoms with Gasteiger partial charge in [0.2, 0.25) is 0 Å². The van der Waals surface area contributed by atoms with E-state index in [1.54, 1.807) is 0 Å². The van der Waals surface area contributed by atoms with Crippen LogP contribution in [0.4, 0.5) is 0 Å². The van der Waals surface area contributed by atoms with E-state index in [0.717, 1.165) is 6.54 Å². The van der Waals surface area contributed by atoms with Crippen LogP contribution in [-0.2, 0) is 4.43 Å². The molecule has 0 amide bonds. The first-order chi connectivity index (χ1) is 6.24. The van der Waals surface area contributed by atoms with Gasteiger partial charge in [0, 0.05) is 13.1 Å². The zero-order chi connectivity index (χ0) is 11.0. The number of nitrogens with one attached hydrogen (secondary N) is 1. The van der Waals surface area contributed by atoms with Crippen molar-refractivity contribution in [1.82, 2.24) is 5.32 Å². The van der Waals surface area contributed by atoms with Gasteiger partial charge in [-0.25, -0.2) is 0 Å². The molecule has 0 spiro atoms. The molecule has 1 saturated heterocycles. The van der Waals surface area contributed by atoms with Crippen molar-refractivity contribution in [3.05, 3.63) is 0 Å². The van der Waals surface area contributed by atoms with Gasteiger partial charge in [-0.05, 0) is 18.1 Å². The average molecular weight is 217 g/mol. The topological polar surface area (TPSA) is 41.5 Å². The molecule has 4 heteroatoms. The van der Waals surface area contributed by atoms with Gasteiger partial charge < -0.3 is 14.8 Å². The molecule has 2 atom stereocenters. The predicted molar refractivity (Wildman–Crippen MR) is 60.9 cm³/mol. The third kappa shape index (κ3) is 2.57. The molecule has 1 aliphatic heterocycles. The number of β-amino-alcohol motifs (C(OH)–C–C–N with tert-alkyl or cyclic N) is 1. The van der Waals surface area contributed by atoms with Crippen molar-refractivity contribution in [2.24, 2.45) is 0 Å². The van der Waals surface area contributed by atoms with Crippen molar-refractivity contribution in [3.8, 4) is 0 Å². The Morgan fingerprint density at radius 1 is 1.29 bits per heavy atom. The van der Waals surface area contributed by atoms with E-state index in [2.05, 4.69) is 39.2 Å². The summed E-state index contributed by atoms with van der Waals surface area (Å²) in [5.41, 5.74) is 0. The molecule has 84 valence electrons. The van der Waals surface area contributed by atoms with Gasteiger partial charge in [-0.3, -0.25) is 0 Å². The standard InChI is InChI=1S/C10H23NO2Si/c1-10(2,3)14(4,5)13-9-7-11-6-8(9)12/h8-9,11-12H,6-7H2,1-5H3/t8-,9-/m1/s1. The molecule has 1 heterocycles. The van der Waals surface area contributed by atoms with Crippen LogP contribution in [0.1, 0.15) is 20.8 Å². The van der Waals surface area contributed by atoms with Gasteiger partial charge in [-0.1, -0.05) is 20.8 Å². The Kier molecular flexibility index (Phi) is 3.41. The van der Waals surface area contributed by atoms with Crippen LogP contribution in [0, 0.1) is 0 Å². The van der Waals surface area contributed by atoms with Crippen LogP contribution in [0.25, 0.3) is 0 Å². The van der Waals surface area contributed by atoms with Crippen LogP contribution in [0.3, 0.4) is 0 Å². The van der Waals surface area contributed by atoms with E-state index in [0.29, 0.717) is 6.54 Å². The first-order valence-corrected chi connectivity index (χ1v) is 8.21. The first kappa shape index (κ1) is 12.2. The summed E-state index contributed by atoms with van der Waals surface area (Å²) >= 11 is 0. The van der Waals surface area contributed by atoms with E-state index < -0.39 is 8.32 Å². The fourth-order valence-corrected chi connectivity index (χ4v) is 2.67. The lowest BCUT2D eigenvalue weighted by molar-refractivity contribution is 0.0643. The maximum Gasteiger partial charge on any atom is 0.192 e. The van der Waals surface area contributed by atoms with Gasteiger partial charge in [-0.15, -0.1) is 0 Å². The minimum absolute atomic E-state index is 0.00380. The monoisotopic (exact) mass is 217 g/mol. The maximum atomic E-state index is 9.65. The number of aliphatic hydroxyl groups is 1. The van der Waals surface area contributed by atoms with Crippen molar-refractivity contribution in [2.45, 2.75) is 51.1 Å². The van der Waals surface area contributed by atoms with Crippen molar-refractivity contribution in [2.75, 3.05) is 13.1 Å². The highest BCUT2D eigenvalue weighted by Crippen LogP contribution is 2.37. The van der Waals surface area contributed by atoms with Gasteiger partial charge in [0.15, 0.2) is 8.32 Å². The number of aliphatic hydroxyl groups excluding tert-OH is 1. The van der Waals surface area contributed by atoms with E-state index in [9.17, 15) is 5.11 Å². The second-order valence-electron chi connectivity index (χ2n) is 5.64. The number of hydrogen-bond donors (Lipinski definition) is 2. The summed E-state index contributed by atoms with van der Waals surface area (Å²) in [4.78, 5) is 0. The lowest BCUT2D eigenvalue weighted by atomic mass is 10.2. The van der Waals surface area contributed by atoms with Crippen molar-refractivity contribution in [1.29, 1.82) is 0 Å². The van der Waals surface area contributed by atoms with E-state index >= 15 is 0 Å². The minimum Gasteiger partial charge on any atom is -0.410 e. The lowest BCUT2D eigenvalue weighted by Crippen LogP contribution is -2.46. The Morgan fingerprint density at radius 2 is 1.86 bits per heavy atom. The van der Waals surface area contributed by atoms with Crippen LogP contribution in [0.15, 0.2) is 0 Å². The largest absolute Gasteiger partial charge is 0.410 e. The van der Waals surface area contributed by atoms with E-state index in [1.807, 2.05) is 0 Å². The molecule has 0 aromatic heterocycles. The highest BCUT2D eigenvalue weighted by molar-refractivity contribution is 6.74. The summed E-state index contributed by atoms with van der Waals surface area (Å²) in [5.74, 6) is 0. The third-order valence-corrected chi connectivity index (χ3v) is 7.88. The summed E-state index contributed by atoms with van der Waals surface area (Å²) < 4.78 is 6.10. The van der Waals surface area contributed by atoms with Gasteiger partial charge in [0.05, 0.1) is 12.2 Å². The Labute approximate surface area is 88.0 Å². The molecular weight excluding hydrogens is 194 g/mol. The zero-order valence-corrected chi connectivity index (χ0v) is 10.9. The summed E-state index contributed by atoms with van der Waals surface area (Å²) in [6.45, 7) is 12.5. The summed E-state index contributed by atoms with van der Waals surface area (Å²) in [5, 5.41) is 13.0. The van der Waals surface area contributed by atoms with Gasteiger partial charge in [0.25, 0.3) is 0 Å². The lowest BCUT2D eigenvalue weighted by Gasteiger charge is -2.38. The normalized spacial score (nSPS) is 29.6. The molecular formula is C10H23NO2Si. The fourth-order valence-electron chi connectivity index (χ4n) is 1.32. The molecule has 0 saturated carbocycles. The van der Waals surface area contributed by atoms with Crippen LogP contribution < -0.4 is 5.32 Å². The van der Waals surface area contributed by atoms with Crippen molar-refractivity contribution in [3.63, 3.8) is 0 Å². The Bertz CT molecular complexity index is 201. The van der Waals surface area contributed by atoms with Crippen LogP contribution in [0.5, 0.6) is 0 Å². The molecule has 0 aliphatic carbocycles. The minimum atomic E-state index is -1.71. The molecule has 2 N–H and O–H groups in total. The van der Waals surface area contributed by atoms with Crippen LogP contribution in [-0.4, -0.2) is 38.7 Å². The molecule has 0 bridgehead atoms.